The Kier molecular flexibility index (Phi) is 6.45. The molecule has 0 aliphatic carbocycles. The molecule has 34 heavy (non-hydrogen) atoms. The lowest BCUT2D eigenvalue weighted by atomic mass is 10.00. The molecule has 0 bridgehead atoms. The van der Waals surface area contributed by atoms with Crippen molar-refractivity contribution in [3.8, 4) is 11.9 Å². The van der Waals surface area contributed by atoms with E-state index in [1.807, 2.05) is 24.3 Å². The van der Waals surface area contributed by atoms with E-state index in [4.69, 9.17) is 18.8 Å². The predicted molar refractivity (Wildman–Crippen MR) is 139 cm³/mol. The van der Waals surface area contributed by atoms with Crippen LogP contribution in [0.1, 0.15) is 17.2 Å². The van der Waals surface area contributed by atoms with Gasteiger partial charge in [-0.2, -0.15) is 9.97 Å². The second-order valence-corrected chi connectivity index (χ2v) is 19.9. The van der Waals surface area contributed by atoms with Gasteiger partial charge in [0.05, 0.1) is 16.5 Å². The highest BCUT2D eigenvalue weighted by Crippen LogP contribution is 2.47. The molecule has 2 aromatic carbocycles. The van der Waals surface area contributed by atoms with Crippen molar-refractivity contribution in [2.45, 2.75) is 55.2 Å². The van der Waals surface area contributed by atoms with Gasteiger partial charge < -0.3 is 14.2 Å². The average Bonchev–Trinajstić information content (AvgIpc) is 2.88. The number of nitro benzene ring substituents is 1. The van der Waals surface area contributed by atoms with Gasteiger partial charge in [-0.3, -0.25) is 10.1 Å². The topological polar surface area (TPSA) is 99.4 Å². The molecule has 1 aromatic heterocycles. The normalized spacial score (nSPS) is 15.4. The summed E-state index contributed by atoms with van der Waals surface area (Å²) in [5.74, 6) is 0.494. The third-order valence-corrected chi connectivity index (χ3v) is 7.46. The molecule has 1 aliphatic heterocycles. The van der Waals surface area contributed by atoms with Crippen molar-refractivity contribution in [1.29, 1.82) is 0 Å². The summed E-state index contributed by atoms with van der Waals surface area (Å²) in [6, 6.07) is 14.5. The number of para-hydroxylation sites is 1. The number of nitro groups is 1. The maximum Gasteiger partial charge on any atom is 0.306 e. The summed E-state index contributed by atoms with van der Waals surface area (Å²) in [6.45, 7) is 12.6. The zero-order valence-corrected chi connectivity index (χ0v) is 22.9. The Labute approximate surface area is 205 Å². The maximum atomic E-state index is 11.2. The number of anilines is 1. The van der Waals surface area contributed by atoms with Crippen LogP contribution in [0.2, 0.25) is 39.3 Å². The highest BCUT2D eigenvalue weighted by molar-refractivity contribution is 7.99. The minimum Gasteiger partial charge on any atom is -0.531 e. The smallest absolute Gasteiger partial charge is 0.306 e. The Morgan fingerprint density at radius 1 is 0.941 bits per heavy atom. The van der Waals surface area contributed by atoms with Crippen molar-refractivity contribution in [3.05, 3.63) is 69.8 Å². The van der Waals surface area contributed by atoms with E-state index in [9.17, 15) is 10.1 Å². The van der Waals surface area contributed by atoms with Crippen molar-refractivity contribution < 1.29 is 13.8 Å². The van der Waals surface area contributed by atoms with E-state index in [1.165, 1.54) is 23.9 Å². The van der Waals surface area contributed by atoms with Gasteiger partial charge in [0.25, 0.3) is 5.69 Å². The van der Waals surface area contributed by atoms with Crippen molar-refractivity contribution in [2.24, 2.45) is 0 Å². The summed E-state index contributed by atoms with van der Waals surface area (Å²) in [5.41, 5.74) is 2.65. The molecule has 1 N–H and O–H groups in total. The second kappa shape index (κ2) is 9.04. The van der Waals surface area contributed by atoms with Gasteiger partial charge in [-0.25, -0.2) is 0 Å². The first-order valence-corrected chi connectivity index (χ1v) is 18.6. The van der Waals surface area contributed by atoms with Crippen LogP contribution >= 0.6 is 11.8 Å². The van der Waals surface area contributed by atoms with E-state index in [-0.39, 0.29) is 11.7 Å². The molecule has 0 radical (unpaired) electrons. The molecule has 0 amide bonds. The highest BCUT2D eigenvalue weighted by Gasteiger charge is 2.33. The lowest BCUT2D eigenvalue weighted by molar-refractivity contribution is -0.384. The quantitative estimate of drug-likeness (QED) is 0.173. The van der Waals surface area contributed by atoms with Gasteiger partial charge in [0.2, 0.25) is 22.5 Å². The standard InChI is InChI=1S/C23H28N4O4SSi2/c1-33(2,3)30-21-19-20(15-11-13-16(14-12-15)27(28)29)24-17-9-7-8-10-18(17)32-22(19)26-23(25-21)31-34(4,5)6/h7-14,20,24H,1-6H3. The summed E-state index contributed by atoms with van der Waals surface area (Å²) in [7, 11) is -4.02. The number of fused-ring (bicyclic) bond motifs is 2. The molecule has 1 aliphatic rings. The van der Waals surface area contributed by atoms with E-state index in [2.05, 4.69) is 44.6 Å². The maximum absolute atomic E-state index is 11.2. The summed E-state index contributed by atoms with van der Waals surface area (Å²) in [6.07, 6.45) is 0. The number of nitrogens with zero attached hydrogens (tertiary/aromatic N) is 3. The molecule has 11 heteroatoms. The van der Waals surface area contributed by atoms with Crippen LogP contribution in [0.4, 0.5) is 11.4 Å². The largest absolute Gasteiger partial charge is 0.531 e. The number of aromatic nitrogens is 2. The van der Waals surface area contributed by atoms with Crippen molar-refractivity contribution in [1.82, 2.24) is 9.97 Å². The molecule has 0 saturated heterocycles. The number of hydrogen-bond donors (Lipinski definition) is 1. The van der Waals surface area contributed by atoms with E-state index >= 15 is 0 Å². The van der Waals surface area contributed by atoms with Crippen LogP contribution in [-0.2, 0) is 0 Å². The Morgan fingerprint density at radius 2 is 1.59 bits per heavy atom. The number of non-ortho nitro benzene ring substituents is 1. The number of nitrogens with one attached hydrogen (secondary N) is 1. The Morgan fingerprint density at radius 3 is 2.21 bits per heavy atom. The molecule has 178 valence electrons. The first kappa shape index (κ1) is 24.2. The van der Waals surface area contributed by atoms with E-state index < -0.39 is 21.6 Å². The van der Waals surface area contributed by atoms with Crippen LogP contribution in [0.15, 0.2) is 58.5 Å². The molecule has 1 atom stereocenters. The van der Waals surface area contributed by atoms with Crippen molar-refractivity contribution in [2.75, 3.05) is 5.32 Å². The summed E-state index contributed by atoms with van der Waals surface area (Å²) in [4.78, 5) is 21.4. The fourth-order valence-corrected chi connectivity index (χ4v) is 5.87. The average molecular weight is 513 g/mol. The van der Waals surface area contributed by atoms with Crippen LogP contribution < -0.4 is 14.2 Å². The minimum absolute atomic E-state index is 0.0427. The van der Waals surface area contributed by atoms with Crippen LogP contribution in [0.3, 0.4) is 0 Å². The first-order valence-electron chi connectivity index (χ1n) is 11.0. The summed E-state index contributed by atoms with van der Waals surface area (Å²) in [5, 5.41) is 15.6. The molecular formula is C23H28N4O4SSi2. The van der Waals surface area contributed by atoms with Gasteiger partial charge in [-0.05, 0) is 69.1 Å². The molecular weight excluding hydrogens is 485 g/mol. The van der Waals surface area contributed by atoms with Gasteiger partial charge in [0.1, 0.15) is 5.03 Å². The lowest BCUT2D eigenvalue weighted by Gasteiger charge is -2.27. The third-order valence-electron chi connectivity index (χ3n) is 4.77. The van der Waals surface area contributed by atoms with Gasteiger partial charge >= 0.3 is 6.01 Å². The number of benzene rings is 2. The Hall–Kier alpha value is -2.90. The summed E-state index contributed by atoms with van der Waals surface area (Å²) < 4.78 is 12.7. The second-order valence-electron chi connectivity index (χ2n) is 9.98. The van der Waals surface area contributed by atoms with Crippen LogP contribution in [0.25, 0.3) is 0 Å². The van der Waals surface area contributed by atoms with E-state index in [0.29, 0.717) is 11.9 Å². The molecule has 3 aromatic rings. The van der Waals surface area contributed by atoms with Crippen LogP contribution in [0, 0.1) is 10.1 Å². The monoisotopic (exact) mass is 512 g/mol. The molecule has 0 spiro atoms. The van der Waals surface area contributed by atoms with Gasteiger partial charge in [0.15, 0.2) is 0 Å². The zero-order chi connectivity index (χ0) is 24.7. The highest BCUT2D eigenvalue weighted by atomic mass is 32.2. The predicted octanol–water partition coefficient (Wildman–Crippen LogP) is 6.48. The fraction of sp³-hybridized carbons (Fsp3) is 0.304. The Bertz CT molecular complexity index is 1230. The van der Waals surface area contributed by atoms with E-state index in [0.717, 1.165) is 26.7 Å². The van der Waals surface area contributed by atoms with Crippen molar-refractivity contribution in [3.63, 3.8) is 0 Å². The molecule has 0 fully saturated rings. The van der Waals surface area contributed by atoms with Crippen LogP contribution in [0.5, 0.6) is 11.9 Å². The lowest BCUT2D eigenvalue weighted by Crippen LogP contribution is -2.33. The third kappa shape index (κ3) is 5.59. The number of rotatable bonds is 6. The molecule has 1 unspecified atom stereocenters. The molecule has 2 heterocycles. The SMILES string of the molecule is C[Si](C)(C)Oc1nc(O[Si](C)(C)C)c2c(n1)Sc1ccccc1NC2c1ccc([N+](=O)[O-])cc1. The fourth-order valence-electron chi connectivity index (χ4n) is 3.47. The van der Waals surface area contributed by atoms with Crippen molar-refractivity contribution >= 4 is 39.8 Å². The van der Waals surface area contributed by atoms with Gasteiger partial charge in [0, 0.05) is 22.7 Å². The van der Waals surface area contributed by atoms with Gasteiger partial charge in [-0.15, -0.1) is 0 Å². The minimum atomic E-state index is -2.05. The Balaban J connectivity index is 1.93. The molecule has 8 nitrogen and oxygen atoms in total. The zero-order valence-electron chi connectivity index (χ0n) is 20.1. The first-order chi connectivity index (χ1) is 15.9. The molecule has 4 rings (SSSR count). The van der Waals surface area contributed by atoms with Gasteiger partial charge in [-0.1, -0.05) is 23.9 Å². The van der Waals surface area contributed by atoms with E-state index in [1.54, 1.807) is 12.1 Å². The summed E-state index contributed by atoms with van der Waals surface area (Å²) >= 11 is 1.54. The van der Waals surface area contributed by atoms with Crippen LogP contribution in [-0.4, -0.2) is 31.5 Å². The molecule has 0 saturated carbocycles. The number of hydrogen-bond acceptors (Lipinski definition) is 8.